The Balaban J connectivity index is 1.88. The van der Waals surface area contributed by atoms with Crippen LogP contribution in [-0.4, -0.2) is 25.2 Å². The second-order valence-electron chi connectivity index (χ2n) is 4.25. The van der Waals surface area contributed by atoms with Gasteiger partial charge in [-0.05, 0) is 39.7 Å². The number of rotatable bonds is 7. The van der Waals surface area contributed by atoms with Crippen LogP contribution in [0.25, 0.3) is 0 Å². The van der Waals surface area contributed by atoms with Gasteiger partial charge in [-0.25, -0.2) is 0 Å². The summed E-state index contributed by atoms with van der Waals surface area (Å²) in [5.41, 5.74) is 1.21. The predicted octanol–water partition coefficient (Wildman–Crippen LogP) is 3.37. The van der Waals surface area contributed by atoms with E-state index < -0.39 is 0 Å². The maximum atomic E-state index is 5.72. The van der Waals surface area contributed by atoms with E-state index in [1.807, 2.05) is 30.3 Å². The Labute approximate surface area is 127 Å². The summed E-state index contributed by atoms with van der Waals surface area (Å²) >= 11 is 3.37. The number of benzene rings is 1. The van der Waals surface area contributed by atoms with Crippen LogP contribution in [0.3, 0.4) is 0 Å². The summed E-state index contributed by atoms with van der Waals surface area (Å²) in [6.45, 7) is 2.39. The van der Waals surface area contributed by atoms with E-state index in [1.165, 1.54) is 5.56 Å². The normalized spacial score (nSPS) is 10.5. The smallest absolute Gasteiger partial charge is 0.146 e. The number of nitrogens with zero attached hydrogens (tertiary/aromatic N) is 1. The topological polar surface area (TPSA) is 43.4 Å². The highest BCUT2D eigenvalue weighted by atomic mass is 79.9. The van der Waals surface area contributed by atoms with Gasteiger partial charge in [0.25, 0.3) is 0 Å². The lowest BCUT2D eigenvalue weighted by molar-refractivity contribution is 0.199. The molecular formula is C15H17BrN2O2. The summed E-state index contributed by atoms with van der Waals surface area (Å²) in [5.74, 6) is 1.51. The Kier molecular flexibility index (Phi) is 5.98. The third-order valence-corrected chi connectivity index (χ3v) is 3.08. The summed E-state index contributed by atoms with van der Waals surface area (Å²) in [7, 11) is 1.70. The molecule has 4 nitrogen and oxygen atoms in total. The van der Waals surface area contributed by atoms with Crippen LogP contribution in [0.4, 0.5) is 0 Å². The molecule has 2 rings (SSSR count). The average Bonchev–Trinajstić information content (AvgIpc) is 2.45. The molecule has 0 unspecified atom stereocenters. The van der Waals surface area contributed by atoms with Gasteiger partial charge in [-0.15, -0.1) is 0 Å². The van der Waals surface area contributed by atoms with Gasteiger partial charge in [0, 0.05) is 30.9 Å². The van der Waals surface area contributed by atoms with E-state index in [0.29, 0.717) is 5.75 Å². The molecular weight excluding hydrogens is 320 g/mol. The van der Waals surface area contributed by atoms with Gasteiger partial charge in [0.05, 0.1) is 12.8 Å². The Morgan fingerprint density at radius 2 is 1.95 bits per heavy atom. The van der Waals surface area contributed by atoms with Crippen molar-refractivity contribution in [3.8, 4) is 11.5 Å². The van der Waals surface area contributed by atoms with Gasteiger partial charge < -0.3 is 14.8 Å². The standard InChI is InChI=1S/C15H17BrN2O2/c1-19-7-6-17-9-12-2-4-14(5-3-12)20-15-8-13(16)10-18-11-15/h2-5,8,10-11,17H,6-7,9H2,1H3. The highest BCUT2D eigenvalue weighted by Gasteiger charge is 1.99. The second kappa shape index (κ2) is 7.99. The zero-order valence-corrected chi connectivity index (χ0v) is 12.9. The summed E-state index contributed by atoms with van der Waals surface area (Å²) in [6, 6.07) is 9.87. The van der Waals surface area contributed by atoms with Crippen molar-refractivity contribution in [3.05, 3.63) is 52.8 Å². The van der Waals surface area contributed by atoms with Crippen molar-refractivity contribution in [2.45, 2.75) is 6.54 Å². The van der Waals surface area contributed by atoms with E-state index in [1.54, 1.807) is 19.5 Å². The molecule has 0 bridgehead atoms. The highest BCUT2D eigenvalue weighted by molar-refractivity contribution is 9.10. The number of halogens is 1. The van der Waals surface area contributed by atoms with E-state index >= 15 is 0 Å². The number of ether oxygens (including phenoxy) is 2. The molecule has 0 aliphatic rings. The van der Waals surface area contributed by atoms with Gasteiger partial charge in [0.1, 0.15) is 11.5 Å². The van der Waals surface area contributed by atoms with Crippen molar-refractivity contribution in [3.63, 3.8) is 0 Å². The Morgan fingerprint density at radius 1 is 1.15 bits per heavy atom. The first kappa shape index (κ1) is 15.0. The number of nitrogens with one attached hydrogen (secondary N) is 1. The SMILES string of the molecule is COCCNCc1ccc(Oc2cncc(Br)c2)cc1. The van der Waals surface area contributed by atoms with Gasteiger partial charge >= 0.3 is 0 Å². The first-order valence-electron chi connectivity index (χ1n) is 6.35. The van der Waals surface area contributed by atoms with Crippen LogP contribution in [-0.2, 0) is 11.3 Å². The van der Waals surface area contributed by atoms with E-state index in [-0.39, 0.29) is 0 Å². The number of hydrogen-bond donors (Lipinski definition) is 1. The Morgan fingerprint density at radius 3 is 2.65 bits per heavy atom. The third-order valence-electron chi connectivity index (χ3n) is 2.65. The van der Waals surface area contributed by atoms with Gasteiger partial charge in [0.2, 0.25) is 0 Å². The molecule has 106 valence electrons. The van der Waals surface area contributed by atoms with Crippen LogP contribution in [0.2, 0.25) is 0 Å². The zero-order valence-electron chi connectivity index (χ0n) is 11.3. The molecule has 1 aromatic heterocycles. The molecule has 0 saturated heterocycles. The molecule has 0 radical (unpaired) electrons. The minimum absolute atomic E-state index is 0.713. The molecule has 20 heavy (non-hydrogen) atoms. The van der Waals surface area contributed by atoms with Crippen LogP contribution in [0, 0.1) is 0 Å². The fourth-order valence-electron chi connectivity index (χ4n) is 1.67. The van der Waals surface area contributed by atoms with Crippen molar-refractivity contribution < 1.29 is 9.47 Å². The fraction of sp³-hybridized carbons (Fsp3) is 0.267. The van der Waals surface area contributed by atoms with Crippen molar-refractivity contribution >= 4 is 15.9 Å². The van der Waals surface area contributed by atoms with Crippen LogP contribution in [0.1, 0.15) is 5.56 Å². The van der Waals surface area contributed by atoms with E-state index in [4.69, 9.17) is 9.47 Å². The minimum atomic E-state index is 0.713. The molecule has 0 atom stereocenters. The number of methoxy groups -OCH3 is 1. The lowest BCUT2D eigenvalue weighted by Gasteiger charge is -2.07. The molecule has 0 aliphatic heterocycles. The average molecular weight is 337 g/mol. The zero-order chi connectivity index (χ0) is 14.2. The van der Waals surface area contributed by atoms with Crippen LogP contribution in [0.5, 0.6) is 11.5 Å². The van der Waals surface area contributed by atoms with Crippen LogP contribution in [0.15, 0.2) is 47.2 Å². The molecule has 0 aliphatic carbocycles. The highest BCUT2D eigenvalue weighted by Crippen LogP contribution is 2.23. The summed E-state index contributed by atoms with van der Waals surface area (Å²) in [6.07, 6.45) is 3.41. The monoisotopic (exact) mass is 336 g/mol. The van der Waals surface area contributed by atoms with E-state index in [2.05, 4.69) is 26.2 Å². The first-order chi connectivity index (χ1) is 9.78. The largest absolute Gasteiger partial charge is 0.456 e. The van der Waals surface area contributed by atoms with Crippen LogP contribution < -0.4 is 10.1 Å². The van der Waals surface area contributed by atoms with Crippen molar-refractivity contribution in [2.75, 3.05) is 20.3 Å². The molecule has 1 heterocycles. The first-order valence-corrected chi connectivity index (χ1v) is 7.14. The summed E-state index contributed by atoms with van der Waals surface area (Å²) in [5, 5.41) is 3.30. The number of hydrogen-bond acceptors (Lipinski definition) is 4. The van der Waals surface area contributed by atoms with E-state index in [9.17, 15) is 0 Å². The molecule has 2 aromatic rings. The van der Waals surface area contributed by atoms with Gasteiger partial charge in [-0.3, -0.25) is 4.98 Å². The summed E-state index contributed by atoms with van der Waals surface area (Å²) in [4.78, 5) is 4.06. The molecule has 0 spiro atoms. The predicted molar refractivity (Wildman–Crippen MR) is 82.0 cm³/mol. The third kappa shape index (κ3) is 4.92. The quantitative estimate of drug-likeness (QED) is 0.787. The molecule has 1 N–H and O–H groups in total. The lowest BCUT2D eigenvalue weighted by atomic mass is 10.2. The number of pyridine rings is 1. The molecule has 0 fully saturated rings. The molecule has 1 aromatic carbocycles. The van der Waals surface area contributed by atoms with Crippen molar-refractivity contribution in [1.29, 1.82) is 0 Å². The van der Waals surface area contributed by atoms with Crippen molar-refractivity contribution in [1.82, 2.24) is 10.3 Å². The van der Waals surface area contributed by atoms with Crippen molar-refractivity contribution in [2.24, 2.45) is 0 Å². The lowest BCUT2D eigenvalue weighted by Crippen LogP contribution is -2.18. The van der Waals surface area contributed by atoms with Gasteiger partial charge in [-0.2, -0.15) is 0 Å². The Bertz CT molecular complexity index is 532. The maximum Gasteiger partial charge on any atom is 0.146 e. The molecule has 0 saturated carbocycles. The van der Waals surface area contributed by atoms with Gasteiger partial charge in [0.15, 0.2) is 0 Å². The fourth-order valence-corrected chi connectivity index (χ4v) is 2.01. The van der Waals surface area contributed by atoms with Crippen LogP contribution >= 0.6 is 15.9 Å². The van der Waals surface area contributed by atoms with E-state index in [0.717, 1.165) is 29.9 Å². The molecule has 5 heteroatoms. The Hall–Kier alpha value is -1.43. The molecule has 0 amide bonds. The second-order valence-corrected chi connectivity index (χ2v) is 5.17. The number of aromatic nitrogens is 1. The summed E-state index contributed by atoms with van der Waals surface area (Å²) < 4.78 is 11.6. The minimum Gasteiger partial charge on any atom is -0.456 e. The van der Waals surface area contributed by atoms with Gasteiger partial charge in [-0.1, -0.05) is 12.1 Å². The maximum absolute atomic E-state index is 5.72.